The van der Waals surface area contributed by atoms with Gasteiger partial charge in [-0.1, -0.05) is 37.8 Å². The van der Waals surface area contributed by atoms with Gasteiger partial charge in [0.1, 0.15) is 18.1 Å². The number of primary amides is 1. The number of aldehydes is 1. The number of benzene rings is 1. The molecule has 0 saturated carbocycles. The largest absolute Gasteiger partial charge is 0.481 e. The minimum atomic E-state index is -1.28. The summed E-state index contributed by atoms with van der Waals surface area (Å²) in [7, 11) is 0. The Morgan fingerprint density at radius 1 is 0.953 bits per heavy atom. The summed E-state index contributed by atoms with van der Waals surface area (Å²) in [5.41, 5.74) is 12.1. The van der Waals surface area contributed by atoms with Crippen molar-refractivity contribution in [1.82, 2.24) is 16.0 Å². The summed E-state index contributed by atoms with van der Waals surface area (Å²) < 4.78 is 0. The monoisotopic (exact) mass is 609 g/mol. The maximum atomic E-state index is 12.8. The zero-order valence-electron chi connectivity index (χ0n) is 23.6. The minimum absolute atomic E-state index is 0. The number of rotatable bonds is 23. The lowest BCUT2D eigenvalue weighted by atomic mass is 9.90. The average molecular weight is 610 g/mol. The number of unbranched alkanes of at least 4 members (excludes halogenated alkanes) is 1. The summed E-state index contributed by atoms with van der Waals surface area (Å²) in [6.07, 6.45) is 1.84. The Morgan fingerprint density at radius 3 is 2.19 bits per heavy atom. The van der Waals surface area contributed by atoms with Crippen LogP contribution in [-0.4, -0.2) is 95.5 Å². The van der Waals surface area contributed by atoms with Crippen molar-refractivity contribution in [2.45, 2.75) is 70.5 Å². The lowest BCUT2D eigenvalue weighted by Gasteiger charge is -2.21. The number of hydrogen-bond donors (Lipinski definition) is 8. The second-order valence-electron chi connectivity index (χ2n) is 10.1. The third-order valence-electron chi connectivity index (χ3n) is 6.72. The van der Waals surface area contributed by atoms with E-state index in [1.54, 1.807) is 24.3 Å². The summed E-state index contributed by atoms with van der Waals surface area (Å²) in [5.74, 6) is -5.06. The van der Waals surface area contributed by atoms with Gasteiger partial charge < -0.3 is 47.5 Å². The number of hydrogen-bond acceptors (Lipinski definition) is 10. The first-order chi connectivity index (χ1) is 20.0. The van der Waals surface area contributed by atoms with E-state index in [1.807, 2.05) is 6.07 Å². The normalized spacial score (nSPS) is 14.2. The zero-order valence-corrected chi connectivity index (χ0v) is 23.6. The van der Waals surface area contributed by atoms with E-state index in [0.717, 1.165) is 5.56 Å². The second kappa shape index (κ2) is 21.9. The SMILES string of the molecule is C.NC(=O)C(CO)NC(=O)C(CC(=O)C(N)CCCCNC(=O)CCC(CN[C@H](C=O)CO)C(=O)O)Cc1ccccc1. The maximum absolute atomic E-state index is 12.8. The predicted octanol–water partition coefficient (Wildman–Crippen LogP) is -1.35. The van der Waals surface area contributed by atoms with Crippen LogP contribution in [0.25, 0.3) is 0 Å². The van der Waals surface area contributed by atoms with E-state index in [1.165, 1.54) is 0 Å². The number of aliphatic carboxylic acids is 1. The van der Waals surface area contributed by atoms with Gasteiger partial charge in [0.15, 0.2) is 0 Å². The van der Waals surface area contributed by atoms with E-state index in [4.69, 9.17) is 16.6 Å². The number of amides is 3. The molecule has 1 rings (SSSR count). The van der Waals surface area contributed by atoms with E-state index < -0.39 is 61.0 Å². The van der Waals surface area contributed by atoms with Gasteiger partial charge in [-0.3, -0.25) is 24.0 Å². The Labute approximate surface area is 252 Å². The van der Waals surface area contributed by atoms with E-state index >= 15 is 0 Å². The Kier molecular flexibility index (Phi) is 20.0. The summed E-state index contributed by atoms with van der Waals surface area (Å²) >= 11 is 0. The van der Waals surface area contributed by atoms with E-state index in [0.29, 0.717) is 32.1 Å². The molecule has 0 aliphatic heterocycles. The number of carboxylic acid groups (broad SMARTS) is 1. The number of carboxylic acids is 1. The van der Waals surface area contributed by atoms with Crippen LogP contribution in [0.5, 0.6) is 0 Å². The van der Waals surface area contributed by atoms with E-state index in [2.05, 4.69) is 16.0 Å². The molecule has 0 aliphatic rings. The first-order valence-electron chi connectivity index (χ1n) is 13.8. The molecule has 0 aromatic heterocycles. The molecule has 0 bridgehead atoms. The summed E-state index contributed by atoms with van der Waals surface area (Å²) in [6.45, 7) is -0.911. The number of aliphatic hydroxyl groups is 2. The fraction of sp³-hybridized carbons (Fsp3) is 0.586. The Balaban J connectivity index is 0.0000176. The molecule has 1 aromatic carbocycles. The fourth-order valence-corrected chi connectivity index (χ4v) is 4.08. The molecular formula is C29H47N5O9. The highest BCUT2D eigenvalue weighted by Crippen LogP contribution is 2.16. The second-order valence-corrected chi connectivity index (χ2v) is 10.1. The van der Waals surface area contributed by atoms with Crippen LogP contribution in [0.3, 0.4) is 0 Å². The Hall–Kier alpha value is -3.72. The highest BCUT2D eigenvalue weighted by Gasteiger charge is 2.28. The first kappa shape index (κ1) is 39.3. The van der Waals surface area contributed by atoms with Crippen molar-refractivity contribution in [2.75, 3.05) is 26.3 Å². The van der Waals surface area contributed by atoms with Gasteiger partial charge >= 0.3 is 5.97 Å². The highest BCUT2D eigenvalue weighted by molar-refractivity contribution is 5.92. The van der Waals surface area contributed by atoms with Gasteiger partial charge in [-0.2, -0.15) is 0 Å². The third-order valence-corrected chi connectivity index (χ3v) is 6.72. The van der Waals surface area contributed by atoms with Gasteiger partial charge in [0, 0.05) is 31.8 Å². The molecule has 14 heteroatoms. The van der Waals surface area contributed by atoms with Crippen molar-refractivity contribution in [3.63, 3.8) is 0 Å². The molecule has 5 atom stereocenters. The Bertz CT molecular complexity index is 1020. The van der Waals surface area contributed by atoms with E-state index in [-0.39, 0.29) is 51.3 Å². The molecule has 0 heterocycles. The molecule has 14 nitrogen and oxygen atoms in total. The average Bonchev–Trinajstić information content (AvgIpc) is 2.97. The molecule has 43 heavy (non-hydrogen) atoms. The summed E-state index contributed by atoms with van der Waals surface area (Å²) in [5, 5.41) is 35.3. The van der Waals surface area contributed by atoms with Crippen LogP contribution in [0.2, 0.25) is 0 Å². The quantitative estimate of drug-likeness (QED) is 0.0532. The van der Waals surface area contributed by atoms with Gasteiger partial charge in [-0.25, -0.2) is 0 Å². The van der Waals surface area contributed by atoms with Crippen molar-refractivity contribution in [1.29, 1.82) is 0 Å². The van der Waals surface area contributed by atoms with Crippen LogP contribution in [0.15, 0.2) is 30.3 Å². The molecule has 242 valence electrons. The summed E-state index contributed by atoms with van der Waals surface area (Å²) in [6, 6.07) is 6.00. The van der Waals surface area contributed by atoms with Crippen molar-refractivity contribution in [3.05, 3.63) is 35.9 Å². The first-order valence-corrected chi connectivity index (χ1v) is 13.8. The van der Waals surface area contributed by atoms with Crippen LogP contribution >= 0.6 is 0 Å². The smallest absolute Gasteiger partial charge is 0.307 e. The molecule has 0 fully saturated rings. The number of ketones is 1. The van der Waals surface area contributed by atoms with Crippen LogP contribution in [0.4, 0.5) is 0 Å². The molecule has 0 radical (unpaired) electrons. The van der Waals surface area contributed by atoms with Gasteiger partial charge in [-0.15, -0.1) is 0 Å². The molecule has 0 spiro atoms. The predicted molar refractivity (Wildman–Crippen MR) is 158 cm³/mol. The van der Waals surface area contributed by atoms with Crippen molar-refractivity contribution < 1.29 is 44.1 Å². The number of carbonyl (C=O) groups excluding carboxylic acids is 5. The zero-order chi connectivity index (χ0) is 31.5. The van der Waals surface area contributed by atoms with Crippen molar-refractivity contribution >= 4 is 35.8 Å². The third kappa shape index (κ3) is 15.9. The molecule has 0 saturated heterocycles. The van der Waals surface area contributed by atoms with E-state index in [9.17, 15) is 39.0 Å². The summed E-state index contributed by atoms with van der Waals surface area (Å²) in [4.78, 5) is 71.4. The van der Waals surface area contributed by atoms with Gasteiger partial charge in [0.2, 0.25) is 17.7 Å². The standard InChI is InChI=1S/C28H43N5O9.CH4/c29-22(8-4-5-11-31-25(38)10-9-19(28(41)42)14-32-21(15-34)16-35)24(37)13-20(12-18-6-2-1-3-7-18)27(40)33-23(17-36)26(30)39;/h1-3,6-7,15,19-23,32,35-36H,4-5,8-14,16-17,29H2,(H2,30,39)(H,31,38)(H,33,40)(H,41,42);1H4/t19?,20?,21-,22?,23?;/m1./s1. The number of aliphatic hydroxyl groups excluding tert-OH is 2. The van der Waals surface area contributed by atoms with Crippen LogP contribution < -0.4 is 27.4 Å². The topological polar surface area (TPSA) is 251 Å². The molecule has 10 N–H and O–H groups in total. The van der Waals surface area contributed by atoms with Crippen molar-refractivity contribution in [2.24, 2.45) is 23.3 Å². The number of nitrogens with one attached hydrogen (secondary N) is 3. The fourth-order valence-electron chi connectivity index (χ4n) is 4.08. The maximum Gasteiger partial charge on any atom is 0.307 e. The lowest BCUT2D eigenvalue weighted by Crippen LogP contribution is -2.49. The van der Waals surface area contributed by atoms with Gasteiger partial charge in [-0.05, 0) is 37.7 Å². The van der Waals surface area contributed by atoms with Gasteiger partial charge in [0.25, 0.3) is 0 Å². The molecule has 0 aliphatic carbocycles. The number of carbonyl (C=O) groups is 6. The highest BCUT2D eigenvalue weighted by atomic mass is 16.4. The molecule has 4 unspecified atom stereocenters. The van der Waals surface area contributed by atoms with Crippen LogP contribution in [-0.2, 0) is 35.2 Å². The molecular weight excluding hydrogens is 562 g/mol. The molecule has 3 amide bonds. The molecule has 1 aromatic rings. The van der Waals surface area contributed by atoms with Crippen molar-refractivity contribution in [3.8, 4) is 0 Å². The minimum Gasteiger partial charge on any atom is -0.481 e. The Morgan fingerprint density at radius 2 is 1.63 bits per heavy atom. The number of Topliss-reactive ketones (excluding diaryl/α,β-unsaturated/α-hetero) is 1. The number of nitrogens with two attached hydrogens (primary N) is 2. The van der Waals surface area contributed by atoms with Crippen LogP contribution in [0, 0.1) is 11.8 Å². The van der Waals surface area contributed by atoms with Crippen LogP contribution in [0.1, 0.15) is 51.5 Å². The van der Waals surface area contributed by atoms with Gasteiger partial charge in [0.05, 0.1) is 31.2 Å². The lowest BCUT2D eigenvalue weighted by molar-refractivity contribution is -0.142.